The number of ether oxygens (including phenoxy) is 2. The molecule has 0 unspecified atom stereocenters. The maximum Gasteiger partial charge on any atom is 0.259 e. The predicted octanol–water partition coefficient (Wildman–Crippen LogP) is 7.84. The summed E-state index contributed by atoms with van der Waals surface area (Å²) in [4.78, 5) is 23.7. The fourth-order valence-corrected chi connectivity index (χ4v) is 12.6. The van der Waals surface area contributed by atoms with E-state index in [0.717, 1.165) is 31.4 Å². The molecule has 0 spiro atoms. The lowest BCUT2D eigenvalue weighted by Gasteiger charge is -2.58. The Balaban J connectivity index is 1.41. The summed E-state index contributed by atoms with van der Waals surface area (Å²) in [5.74, 6) is 0.177. The Bertz CT molecular complexity index is 1770. The van der Waals surface area contributed by atoms with E-state index < -0.39 is 31.3 Å². The van der Waals surface area contributed by atoms with E-state index in [1.54, 1.807) is 109 Å². The molecule has 8 nitrogen and oxygen atoms in total. The largest absolute Gasteiger partial charge is 0.497 e. The molecule has 0 N–H and O–H groups in total. The van der Waals surface area contributed by atoms with Crippen LogP contribution >= 0.6 is 54.6 Å². The van der Waals surface area contributed by atoms with E-state index >= 15 is 0 Å². The van der Waals surface area contributed by atoms with Gasteiger partial charge in [-0.1, -0.05) is 83.9 Å². The van der Waals surface area contributed by atoms with Gasteiger partial charge in [0.15, 0.2) is 9.75 Å². The van der Waals surface area contributed by atoms with Crippen LogP contribution in [-0.2, 0) is 19.3 Å². The number of nitrogens with zero attached hydrogens (tertiary/aromatic N) is 4. The highest BCUT2D eigenvalue weighted by Crippen LogP contribution is 2.69. The monoisotopic (exact) mass is 718 g/mol. The number of carbonyl (C=O) groups is 2. The molecular formula is C34H24Cl2N4O4S3. The summed E-state index contributed by atoms with van der Waals surface area (Å²) in [7, 11) is 6.15. The minimum atomic E-state index is -1.77. The molecule has 4 atom stereocenters. The van der Waals surface area contributed by atoms with Gasteiger partial charge in [0, 0.05) is 11.4 Å². The Morgan fingerprint density at radius 2 is 0.936 bits per heavy atom. The number of amides is 2. The summed E-state index contributed by atoms with van der Waals surface area (Å²) in [5, 5.41) is 21.8. The summed E-state index contributed by atoms with van der Waals surface area (Å²) in [5.41, 5.74) is 1.76. The molecular weight excluding hydrogens is 696 g/mol. The maximum atomic E-state index is 14.0. The maximum absolute atomic E-state index is 14.0. The Labute approximate surface area is 293 Å². The van der Waals surface area contributed by atoms with Crippen LogP contribution in [0.15, 0.2) is 109 Å². The fourth-order valence-electron chi connectivity index (χ4n) is 5.72. The molecule has 0 bridgehead atoms. The number of hydrogen-bond acceptors (Lipinski definition) is 9. The third kappa shape index (κ3) is 4.67. The second-order valence-electron chi connectivity index (χ2n) is 10.5. The minimum Gasteiger partial charge on any atom is -0.497 e. The van der Waals surface area contributed by atoms with Gasteiger partial charge in [-0.05, 0) is 91.1 Å². The molecule has 2 amide bonds. The zero-order valence-corrected chi connectivity index (χ0v) is 28.8. The summed E-state index contributed by atoms with van der Waals surface area (Å²) in [6.07, 6.45) is 0. The lowest BCUT2D eigenvalue weighted by atomic mass is 9.79. The smallest absolute Gasteiger partial charge is 0.259 e. The summed E-state index contributed by atoms with van der Waals surface area (Å²) in [6, 6.07) is 35.5. The summed E-state index contributed by atoms with van der Waals surface area (Å²) in [6.45, 7) is 0. The highest BCUT2D eigenvalue weighted by molar-refractivity contribution is 9.10. The number of benzene rings is 4. The number of rotatable bonds is 10. The molecule has 2 saturated heterocycles. The van der Waals surface area contributed by atoms with Crippen LogP contribution in [0.25, 0.3) is 0 Å². The van der Waals surface area contributed by atoms with Crippen LogP contribution in [0.5, 0.6) is 11.5 Å². The quantitative estimate of drug-likeness (QED) is 0.0921. The zero-order chi connectivity index (χ0) is 33.5. The Morgan fingerprint density at radius 1 is 0.596 bits per heavy atom. The normalized spacial score (nSPS) is 26.4. The Morgan fingerprint density at radius 3 is 1.23 bits per heavy atom. The Hall–Kier alpha value is -3.97. The van der Waals surface area contributed by atoms with Crippen molar-refractivity contribution in [2.24, 2.45) is 0 Å². The van der Waals surface area contributed by atoms with Crippen molar-refractivity contribution in [3.05, 3.63) is 120 Å². The number of β-lactam (4-membered cyclic amide) rings is 2. The third-order valence-corrected chi connectivity index (χ3v) is 14.6. The molecule has 4 aromatic rings. The fraction of sp³-hybridized carbons (Fsp3) is 0.176. The topological polar surface area (TPSA) is 107 Å². The molecule has 13 heteroatoms. The lowest BCUT2D eigenvalue weighted by molar-refractivity contribution is -0.129. The molecule has 0 radical (unpaired) electrons. The SMILES string of the molecule is COc1ccc(N2C(=O)[C@](Cl)(c3ccccc3)[C@@]2(C#N)SSS[C@@]2(C#N)N(c3ccc(OC)cc3)C(=O)[C@]2(Cl)c2ccccc2)cc1. The van der Waals surface area contributed by atoms with Gasteiger partial charge >= 0.3 is 0 Å². The van der Waals surface area contributed by atoms with Crippen molar-refractivity contribution in [1.29, 1.82) is 10.5 Å². The summed E-state index contributed by atoms with van der Waals surface area (Å²) >= 11 is 14.4. The molecule has 4 aromatic carbocycles. The average Bonchev–Trinajstić information content (AvgIpc) is 3.13. The molecule has 2 heterocycles. The highest BCUT2D eigenvalue weighted by Gasteiger charge is 2.76. The van der Waals surface area contributed by atoms with E-state index in [1.807, 2.05) is 0 Å². The van der Waals surface area contributed by atoms with E-state index in [4.69, 9.17) is 32.7 Å². The number of hydrogen-bond donors (Lipinski definition) is 0. The van der Waals surface area contributed by atoms with Gasteiger partial charge in [-0.3, -0.25) is 19.4 Å². The number of anilines is 2. The standard InChI is InChI=1S/C34H24Cl2N4O4S3/c1-43-27-17-13-25(14-18-27)39-29(41)33(35,23-9-5-3-6-10-23)31(39,21-37)45-47-46-32(22-38)34(36,24-11-7-4-8-12-24)30(42)40(32)26-15-19-28(44-2)20-16-26/h3-20H,1-2H3/t31-,32-,33-,34-/m1/s1. The first-order valence-electron chi connectivity index (χ1n) is 14.0. The average molecular weight is 720 g/mol. The van der Waals surface area contributed by atoms with Gasteiger partial charge in [-0.2, -0.15) is 10.5 Å². The predicted molar refractivity (Wildman–Crippen MR) is 188 cm³/mol. The first-order valence-corrected chi connectivity index (χ1v) is 18.2. The van der Waals surface area contributed by atoms with Crippen LogP contribution in [0.1, 0.15) is 11.1 Å². The van der Waals surface area contributed by atoms with E-state index in [1.165, 1.54) is 24.0 Å². The van der Waals surface area contributed by atoms with Gasteiger partial charge in [-0.25, -0.2) is 0 Å². The van der Waals surface area contributed by atoms with Crippen LogP contribution in [-0.4, -0.2) is 35.8 Å². The minimum absolute atomic E-state index is 0.437. The number of halogens is 2. The van der Waals surface area contributed by atoms with Crippen molar-refractivity contribution in [2.75, 3.05) is 24.0 Å². The van der Waals surface area contributed by atoms with Crippen molar-refractivity contribution < 1.29 is 19.1 Å². The number of carbonyl (C=O) groups excluding carboxylic acids is 2. The van der Waals surface area contributed by atoms with E-state index in [-0.39, 0.29) is 0 Å². The molecule has 0 aliphatic carbocycles. The van der Waals surface area contributed by atoms with Crippen LogP contribution in [0.4, 0.5) is 11.4 Å². The molecule has 0 aromatic heterocycles. The second-order valence-corrected chi connectivity index (χ2v) is 15.9. The lowest BCUT2D eigenvalue weighted by Crippen LogP contribution is -2.77. The molecule has 236 valence electrons. The first-order chi connectivity index (χ1) is 22.7. The van der Waals surface area contributed by atoms with Crippen molar-refractivity contribution in [2.45, 2.75) is 19.5 Å². The van der Waals surface area contributed by atoms with Crippen molar-refractivity contribution in [3.8, 4) is 23.6 Å². The molecule has 2 aliphatic heterocycles. The van der Waals surface area contributed by atoms with Gasteiger partial charge in [-0.15, -0.1) is 0 Å². The first kappa shape index (κ1) is 33.0. The zero-order valence-electron chi connectivity index (χ0n) is 24.8. The van der Waals surface area contributed by atoms with Gasteiger partial charge in [0.1, 0.15) is 23.6 Å². The van der Waals surface area contributed by atoms with E-state index in [0.29, 0.717) is 34.0 Å². The number of nitriles is 2. The van der Waals surface area contributed by atoms with Crippen molar-refractivity contribution >= 4 is 77.8 Å². The second kappa shape index (κ2) is 12.6. The van der Waals surface area contributed by atoms with Gasteiger partial charge < -0.3 is 9.47 Å². The van der Waals surface area contributed by atoms with Crippen LogP contribution in [0.2, 0.25) is 0 Å². The number of alkyl halides is 2. The highest BCUT2D eigenvalue weighted by atomic mass is 35.5. The van der Waals surface area contributed by atoms with Gasteiger partial charge in [0.05, 0.1) is 14.2 Å². The Kier molecular flexibility index (Phi) is 8.81. The van der Waals surface area contributed by atoms with Gasteiger partial charge in [0.2, 0.25) is 9.74 Å². The van der Waals surface area contributed by atoms with E-state index in [9.17, 15) is 20.1 Å². The van der Waals surface area contributed by atoms with Crippen LogP contribution < -0.4 is 19.3 Å². The molecule has 2 fully saturated rings. The number of methoxy groups -OCH3 is 2. The van der Waals surface area contributed by atoms with Crippen LogP contribution in [0, 0.1) is 22.7 Å². The molecule has 47 heavy (non-hydrogen) atoms. The van der Waals surface area contributed by atoms with Crippen molar-refractivity contribution in [3.63, 3.8) is 0 Å². The van der Waals surface area contributed by atoms with E-state index in [2.05, 4.69) is 12.1 Å². The van der Waals surface area contributed by atoms with Gasteiger partial charge in [0.25, 0.3) is 11.8 Å². The molecule has 2 aliphatic rings. The molecule has 0 saturated carbocycles. The third-order valence-electron chi connectivity index (χ3n) is 8.18. The van der Waals surface area contributed by atoms with Crippen LogP contribution in [0.3, 0.4) is 0 Å². The summed E-state index contributed by atoms with van der Waals surface area (Å²) < 4.78 is 10.6. The molecule has 6 rings (SSSR count). The van der Waals surface area contributed by atoms with Crippen molar-refractivity contribution in [1.82, 2.24) is 0 Å².